The van der Waals surface area contributed by atoms with Gasteiger partial charge in [-0.05, 0) is 31.0 Å². The lowest BCUT2D eigenvalue weighted by Gasteiger charge is -2.31. The molecule has 156 valence electrons. The Morgan fingerprint density at radius 1 is 1.25 bits per heavy atom. The van der Waals surface area contributed by atoms with E-state index in [-0.39, 0.29) is 41.4 Å². The fourth-order valence-electron chi connectivity index (χ4n) is 3.51. The minimum Gasteiger partial charge on any atom is -0.355 e. The number of benzene rings is 1. The molecule has 3 N–H and O–H groups in total. The van der Waals surface area contributed by atoms with Crippen molar-refractivity contribution in [2.24, 2.45) is 25.7 Å². The number of sulfonamides is 1. The maximum atomic E-state index is 13.1. The molecule has 1 saturated heterocycles. The molecule has 3 rings (SSSR count). The van der Waals surface area contributed by atoms with Crippen LogP contribution in [0.2, 0.25) is 0 Å². The minimum absolute atomic E-state index is 0. The second-order valence-corrected chi connectivity index (χ2v) is 8.77. The van der Waals surface area contributed by atoms with Gasteiger partial charge in [0.15, 0.2) is 0 Å². The highest BCUT2D eigenvalue weighted by atomic mass is 35.5. The first kappa shape index (κ1) is 22.4. The molecule has 9 nitrogen and oxygen atoms in total. The van der Waals surface area contributed by atoms with Crippen molar-refractivity contribution in [1.82, 2.24) is 18.8 Å². The fourth-order valence-corrected chi connectivity index (χ4v) is 5.05. The highest BCUT2D eigenvalue weighted by Gasteiger charge is 2.33. The van der Waals surface area contributed by atoms with E-state index in [1.165, 1.54) is 25.6 Å². The molecule has 1 unspecified atom stereocenters. The smallest absolute Gasteiger partial charge is 0.328 e. The summed E-state index contributed by atoms with van der Waals surface area (Å²) in [5.74, 6) is -0.550. The molecule has 1 aromatic carbocycles. The van der Waals surface area contributed by atoms with Crippen LogP contribution >= 0.6 is 12.4 Å². The van der Waals surface area contributed by atoms with Gasteiger partial charge in [-0.25, -0.2) is 13.2 Å². The zero-order valence-corrected chi connectivity index (χ0v) is 17.6. The number of piperidine rings is 1. The molecule has 0 spiro atoms. The third-order valence-corrected chi connectivity index (χ3v) is 6.94. The van der Waals surface area contributed by atoms with Crippen LogP contribution in [-0.2, 0) is 28.9 Å². The van der Waals surface area contributed by atoms with Gasteiger partial charge < -0.3 is 11.1 Å². The Morgan fingerprint density at radius 3 is 2.61 bits per heavy atom. The van der Waals surface area contributed by atoms with Crippen molar-refractivity contribution in [3.63, 3.8) is 0 Å². The van der Waals surface area contributed by atoms with Crippen molar-refractivity contribution >= 4 is 39.4 Å². The van der Waals surface area contributed by atoms with E-state index < -0.39 is 10.0 Å². The lowest BCUT2D eigenvalue weighted by molar-refractivity contribution is -0.126. The summed E-state index contributed by atoms with van der Waals surface area (Å²) in [6.07, 6.45) is 1.26. The highest BCUT2D eigenvalue weighted by Crippen LogP contribution is 2.26. The summed E-state index contributed by atoms with van der Waals surface area (Å²) < 4.78 is 30.4. The van der Waals surface area contributed by atoms with Gasteiger partial charge in [0.1, 0.15) is 0 Å². The van der Waals surface area contributed by atoms with E-state index in [2.05, 4.69) is 5.32 Å². The summed E-state index contributed by atoms with van der Waals surface area (Å²) in [6, 6.07) is 4.67. The third kappa shape index (κ3) is 3.95. The average molecular weight is 432 g/mol. The van der Waals surface area contributed by atoms with Crippen LogP contribution in [0.5, 0.6) is 0 Å². The molecular weight excluding hydrogens is 406 g/mol. The number of carbonyl (C=O) groups excluding carboxylic acids is 1. The maximum Gasteiger partial charge on any atom is 0.328 e. The molecule has 1 aromatic heterocycles. The van der Waals surface area contributed by atoms with Crippen LogP contribution in [0.25, 0.3) is 11.0 Å². The first-order chi connectivity index (χ1) is 12.8. The Hall–Kier alpha value is -1.88. The molecule has 1 amide bonds. The van der Waals surface area contributed by atoms with Crippen molar-refractivity contribution in [3.05, 3.63) is 28.7 Å². The number of fused-ring (bicyclic) bond motifs is 1. The van der Waals surface area contributed by atoms with E-state index in [1.807, 2.05) is 0 Å². The van der Waals surface area contributed by atoms with Crippen molar-refractivity contribution < 1.29 is 13.2 Å². The van der Waals surface area contributed by atoms with Gasteiger partial charge in [0.2, 0.25) is 15.9 Å². The molecule has 1 aliphatic rings. The van der Waals surface area contributed by atoms with Crippen molar-refractivity contribution in [1.29, 1.82) is 0 Å². The summed E-state index contributed by atoms with van der Waals surface area (Å²) in [5.41, 5.74) is 6.41. The number of nitrogens with two attached hydrogens (primary N) is 1. The second-order valence-electron chi connectivity index (χ2n) is 6.83. The van der Waals surface area contributed by atoms with Crippen LogP contribution in [0.1, 0.15) is 12.8 Å². The van der Waals surface area contributed by atoms with Crippen LogP contribution in [0.4, 0.5) is 0 Å². The molecule has 2 aromatic rings. The van der Waals surface area contributed by atoms with Crippen LogP contribution in [-0.4, -0.2) is 53.9 Å². The first-order valence-corrected chi connectivity index (χ1v) is 10.3. The second kappa shape index (κ2) is 8.64. The van der Waals surface area contributed by atoms with Gasteiger partial charge in [0.25, 0.3) is 0 Å². The number of halogens is 1. The number of hydrogen-bond acceptors (Lipinski definition) is 5. The normalized spacial score (nSPS) is 18.0. The van der Waals surface area contributed by atoms with E-state index in [1.54, 1.807) is 20.2 Å². The van der Waals surface area contributed by atoms with Crippen LogP contribution in [0, 0.1) is 5.92 Å². The molecular formula is C17H26ClN5O4S. The number of carbonyl (C=O) groups is 1. The molecule has 1 atom stereocenters. The van der Waals surface area contributed by atoms with E-state index in [0.717, 1.165) is 0 Å². The number of hydrogen-bond donors (Lipinski definition) is 2. The number of nitrogens with zero attached hydrogens (tertiary/aromatic N) is 3. The van der Waals surface area contributed by atoms with Gasteiger partial charge in [-0.15, -0.1) is 12.4 Å². The van der Waals surface area contributed by atoms with Crippen LogP contribution in [0.15, 0.2) is 27.9 Å². The Morgan fingerprint density at radius 2 is 1.93 bits per heavy atom. The predicted molar refractivity (Wildman–Crippen MR) is 109 cm³/mol. The number of amides is 1. The summed E-state index contributed by atoms with van der Waals surface area (Å²) in [7, 11) is -0.499. The Balaban J connectivity index is 0.00000280. The summed E-state index contributed by atoms with van der Waals surface area (Å²) in [6.45, 7) is 1.23. The number of aryl methyl sites for hydroxylation is 2. The largest absolute Gasteiger partial charge is 0.355 e. The van der Waals surface area contributed by atoms with E-state index in [9.17, 15) is 18.0 Å². The number of imidazole rings is 1. The topological polar surface area (TPSA) is 119 Å². The Labute approximate surface area is 169 Å². The molecule has 0 saturated carbocycles. The molecule has 0 aliphatic carbocycles. The molecule has 0 radical (unpaired) electrons. The molecule has 28 heavy (non-hydrogen) atoms. The lowest BCUT2D eigenvalue weighted by atomic mass is 9.99. The predicted octanol–water partition coefficient (Wildman–Crippen LogP) is -0.226. The SMILES string of the molecule is Cl.Cn1c(=O)n(C)c2cc(S(=O)(=O)N3CCCC(C(=O)NCCN)C3)ccc21. The third-order valence-electron chi connectivity index (χ3n) is 5.08. The number of rotatable bonds is 5. The zero-order chi connectivity index (χ0) is 19.8. The van der Waals surface area contributed by atoms with E-state index >= 15 is 0 Å². The van der Waals surface area contributed by atoms with E-state index in [0.29, 0.717) is 43.5 Å². The van der Waals surface area contributed by atoms with Crippen molar-refractivity contribution in [3.8, 4) is 0 Å². The number of nitrogens with one attached hydrogen (secondary N) is 1. The van der Waals surface area contributed by atoms with Crippen molar-refractivity contribution in [2.75, 3.05) is 26.2 Å². The summed E-state index contributed by atoms with van der Waals surface area (Å²) in [4.78, 5) is 24.4. The summed E-state index contributed by atoms with van der Waals surface area (Å²) >= 11 is 0. The van der Waals surface area contributed by atoms with E-state index in [4.69, 9.17) is 5.73 Å². The fraction of sp³-hybridized carbons (Fsp3) is 0.529. The Kier molecular flexibility index (Phi) is 6.92. The van der Waals surface area contributed by atoms with Gasteiger partial charge in [-0.3, -0.25) is 13.9 Å². The Bertz CT molecular complexity index is 1030. The molecule has 2 heterocycles. The van der Waals surface area contributed by atoms with Crippen molar-refractivity contribution in [2.45, 2.75) is 17.7 Å². The quantitative estimate of drug-likeness (QED) is 0.677. The van der Waals surface area contributed by atoms with Crippen LogP contribution < -0.4 is 16.7 Å². The van der Waals surface area contributed by atoms with Gasteiger partial charge in [-0.2, -0.15) is 4.31 Å². The van der Waals surface area contributed by atoms with Gasteiger partial charge in [0, 0.05) is 40.3 Å². The zero-order valence-electron chi connectivity index (χ0n) is 15.9. The van der Waals surface area contributed by atoms with Crippen LogP contribution in [0.3, 0.4) is 0 Å². The van der Waals surface area contributed by atoms with Gasteiger partial charge in [-0.1, -0.05) is 0 Å². The number of aromatic nitrogens is 2. The lowest BCUT2D eigenvalue weighted by Crippen LogP contribution is -2.46. The summed E-state index contributed by atoms with van der Waals surface area (Å²) in [5, 5.41) is 2.73. The molecule has 1 fully saturated rings. The van der Waals surface area contributed by atoms with Gasteiger partial charge in [0.05, 0.1) is 21.8 Å². The molecule has 0 bridgehead atoms. The monoisotopic (exact) mass is 431 g/mol. The van der Waals surface area contributed by atoms with Gasteiger partial charge >= 0.3 is 5.69 Å². The highest BCUT2D eigenvalue weighted by molar-refractivity contribution is 7.89. The first-order valence-electron chi connectivity index (χ1n) is 8.90. The molecule has 1 aliphatic heterocycles. The minimum atomic E-state index is -3.76. The maximum absolute atomic E-state index is 13.1. The molecule has 11 heteroatoms. The average Bonchev–Trinajstić information content (AvgIpc) is 2.90. The standard InChI is InChI=1S/C17H25N5O4S.ClH/c1-20-14-6-5-13(10-15(14)21(2)17(20)24)27(25,26)22-9-3-4-12(11-22)16(23)19-8-7-18;/h5-6,10,12H,3-4,7-9,11,18H2,1-2H3,(H,19,23);1H.